The van der Waals surface area contributed by atoms with Crippen molar-refractivity contribution in [1.29, 1.82) is 0 Å². The summed E-state index contributed by atoms with van der Waals surface area (Å²) in [6, 6.07) is 3.04. The second-order valence-corrected chi connectivity index (χ2v) is 3.63. The Hall–Kier alpha value is -2.70. The van der Waals surface area contributed by atoms with Gasteiger partial charge < -0.3 is 15.4 Å². The number of hydrogen-bond donors (Lipinski definition) is 3. The van der Waals surface area contributed by atoms with Gasteiger partial charge in [0.15, 0.2) is 0 Å². The molecule has 3 N–H and O–H groups in total. The Labute approximate surface area is 102 Å². The van der Waals surface area contributed by atoms with Crippen LogP contribution in [0.25, 0.3) is 0 Å². The summed E-state index contributed by atoms with van der Waals surface area (Å²) in [6.45, 7) is 1.70. The van der Waals surface area contributed by atoms with E-state index in [9.17, 15) is 9.59 Å². The topological polar surface area (TPSA) is 108 Å². The van der Waals surface area contributed by atoms with Crippen molar-refractivity contribution in [2.75, 3.05) is 5.32 Å². The average Bonchev–Trinajstić information content (AvgIpc) is 2.71. The molecule has 0 saturated carbocycles. The molecule has 18 heavy (non-hydrogen) atoms. The van der Waals surface area contributed by atoms with Gasteiger partial charge in [-0.05, 0) is 19.1 Å². The van der Waals surface area contributed by atoms with Crippen LogP contribution >= 0.6 is 0 Å². The molecule has 2 aromatic heterocycles. The number of carboxylic acids is 1. The number of aryl methyl sites for hydroxylation is 1. The van der Waals surface area contributed by atoms with E-state index in [1.54, 1.807) is 13.0 Å². The summed E-state index contributed by atoms with van der Waals surface area (Å²) >= 11 is 0. The largest absolute Gasteiger partial charge is 0.477 e. The van der Waals surface area contributed by atoms with Gasteiger partial charge in [0.25, 0.3) is 5.91 Å². The van der Waals surface area contributed by atoms with E-state index in [-0.39, 0.29) is 11.4 Å². The number of carbonyl (C=O) groups is 2. The maximum absolute atomic E-state index is 11.8. The minimum atomic E-state index is -1.13. The molecule has 0 unspecified atom stereocenters. The summed E-state index contributed by atoms with van der Waals surface area (Å²) in [7, 11) is 0. The molecule has 0 spiro atoms. The van der Waals surface area contributed by atoms with Gasteiger partial charge in [-0.15, -0.1) is 0 Å². The highest BCUT2D eigenvalue weighted by molar-refractivity contribution is 6.07. The molecule has 0 fully saturated rings. The van der Waals surface area contributed by atoms with Gasteiger partial charge in [-0.25, -0.2) is 4.79 Å². The molecule has 1 amide bonds. The summed E-state index contributed by atoms with van der Waals surface area (Å²) in [6.07, 6.45) is 2.69. The highest BCUT2D eigenvalue weighted by Crippen LogP contribution is 2.17. The summed E-state index contributed by atoms with van der Waals surface area (Å²) in [5.74, 6) is -1.57. The number of H-pyrrole nitrogens is 1. The van der Waals surface area contributed by atoms with Crippen LogP contribution in [0.15, 0.2) is 24.5 Å². The first kappa shape index (κ1) is 11.8. The third kappa shape index (κ3) is 2.34. The molecule has 0 aliphatic rings. The Bertz CT molecular complexity index is 592. The predicted octanol–water partition coefficient (Wildman–Crippen LogP) is 1.06. The molecule has 7 heteroatoms. The first-order chi connectivity index (χ1) is 8.58. The smallest absolute Gasteiger partial charge is 0.354 e. The van der Waals surface area contributed by atoms with Crippen molar-refractivity contribution in [3.05, 3.63) is 41.5 Å². The van der Waals surface area contributed by atoms with Crippen LogP contribution in [0.2, 0.25) is 0 Å². The number of carbonyl (C=O) groups excluding carboxylic acids is 1. The molecule has 0 radical (unpaired) electrons. The number of nitrogens with one attached hydrogen (secondary N) is 2. The number of amides is 1. The summed E-state index contributed by atoms with van der Waals surface area (Å²) in [4.78, 5) is 25.4. The molecule has 2 rings (SSSR count). The Morgan fingerprint density at radius 1 is 1.39 bits per heavy atom. The lowest BCUT2D eigenvalue weighted by Crippen LogP contribution is -2.14. The van der Waals surface area contributed by atoms with Crippen LogP contribution in [0.3, 0.4) is 0 Å². The van der Waals surface area contributed by atoms with Gasteiger partial charge in [-0.2, -0.15) is 10.2 Å². The van der Waals surface area contributed by atoms with Crippen molar-refractivity contribution in [2.24, 2.45) is 0 Å². The number of rotatable bonds is 3. The lowest BCUT2D eigenvalue weighted by molar-refractivity contribution is 0.0692. The first-order valence-corrected chi connectivity index (χ1v) is 5.09. The monoisotopic (exact) mass is 246 g/mol. The third-order valence-electron chi connectivity index (χ3n) is 2.26. The fourth-order valence-corrected chi connectivity index (χ4v) is 1.48. The molecule has 92 valence electrons. The van der Waals surface area contributed by atoms with Gasteiger partial charge in [0, 0.05) is 5.69 Å². The van der Waals surface area contributed by atoms with Crippen LogP contribution in [-0.2, 0) is 0 Å². The summed E-state index contributed by atoms with van der Waals surface area (Å²) in [5.41, 5.74) is 1.13. The van der Waals surface area contributed by atoms with Crippen molar-refractivity contribution in [1.82, 2.24) is 15.2 Å². The van der Waals surface area contributed by atoms with Crippen LogP contribution in [0.4, 0.5) is 5.69 Å². The van der Waals surface area contributed by atoms with E-state index in [1.165, 1.54) is 18.5 Å². The Morgan fingerprint density at radius 2 is 2.17 bits per heavy atom. The van der Waals surface area contributed by atoms with Crippen LogP contribution in [-0.4, -0.2) is 32.2 Å². The molecule has 0 aromatic carbocycles. The zero-order valence-electron chi connectivity index (χ0n) is 9.47. The lowest BCUT2D eigenvalue weighted by Gasteiger charge is -2.03. The van der Waals surface area contributed by atoms with E-state index in [0.717, 1.165) is 0 Å². The zero-order valence-corrected chi connectivity index (χ0v) is 9.47. The summed E-state index contributed by atoms with van der Waals surface area (Å²) < 4.78 is 0. The molecule has 7 nitrogen and oxygen atoms in total. The van der Waals surface area contributed by atoms with Crippen LogP contribution in [0.5, 0.6) is 0 Å². The molecule has 0 aliphatic heterocycles. The molecular weight excluding hydrogens is 236 g/mol. The van der Waals surface area contributed by atoms with Crippen LogP contribution < -0.4 is 5.32 Å². The van der Waals surface area contributed by atoms with Gasteiger partial charge in [0.05, 0.1) is 23.6 Å². The highest BCUT2D eigenvalue weighted by Gasteiger charge is 2.16. The van der Waals surface area contributed by atoms with Crippen molar-refractivity contribution in [3.8, 4) is 0 Å². The van der Waals surface area contributed by atoms with Crippen LogP contribution in [0.1, 0.15) is 26.5 Å². The Morgan fingerprint density at radius 3 is 2.78 bits per heavy atom. The average molecular weight is 246 g/mol. The molecule has 0 saturated heterocycles. The van der Waals surface area contributed by atoms with Gasteiger partial charge >= 0.3 is 5.97 Å². The minimum Gasteiger partial charge on any atom is -0.477 e. The SMILES string of the molecule is Cc1cc(NC(=O)c2ccnnc2)c(C(=O)O)[nH]1. The lowest BCUT2D eigenvalue weighted by atomic mass is 10.2. The number of aromatic carboxylic acids is 1. The van der Waals surface area contributed by atoms with Crippen molar-refractivity contribution in [3.63, 3.8) is 0 Å². The number of nitrogens with zero attached hydrogens (tertiary/aromatic N) is 2. The zero-order chi connectivity index (χ0) is 13.1. The van der Waals surface area contributed by atoms with E-state index >= 15 is 0 Å². The Kier molecular flexibility index (Phi) is 3.05. The van der Waals surface area contributed by atoms with Crippen LogP contribution in [0, 0.1) is 6.92 Å². The maximum Gasteiger partial charge on any atom is 0.354 e. The van der Waals surface area contributed by atoms with E-state index in [1.807, 2.05) is 0 Å². The normalized spacial score (nSPS) is 10.1. The number of aromatic nitrogens is 3. The molecule has 0 aliphatic carbocycles. The number of carboxylic acid groups (broad SMARTS) is 1. The van der Waals surface area contributed by atoms with Crippen molar-refractivity contribution in [2.45, 2.75) is 6.92 Å². The second kappa shape index (κ2) is 4.66. The molecule has 0 bridgehead atoms. The Balaban J connectivity index is 2.25. The molecule has 0 atom stereocenters. The first-order valence-electron chi connectivity index (χ1n) is 5.09. The number of hydrogen-bond acceptors (Lipinski definition) is 4. The minimum absolute atomic E-state index is 0.0529. The van der Waals surface area contributed by atoms with E-state index in [0.29, 0.717) is 11.3 Å². The van der Waals surface area contributed by atoms with Gasteiger partial charge in [0.2, 0.25) is 0 Å². The fraction of sp³-hybridized carbons (Fsp3) is 0.0909. The summed E-state index contributed by atoms with van der Waals surface area (Å²) in [5, 5.41) is 18.6. The van der Waals surface area contributed by atoms with E-state index in [4.69, 9.17) is 5.11 Å². The third-order valence-corrected chi connectivity index (χ3v) is 2.26. The fourth-order valence-electron chi connectivity index (χ4n) is 1.48. The van der Waals surface area contributed by atoms with Gasteiger partial charge in [-0.3, -0.25) is 4.79 Å². The molecule has 2 heterocycles. The highest BCUT2D eigenvalue weighted by atomic mass is 16.4. The van der Waals surface area contributed by atoms with Gasteiger partial charge in [0.1, 0.15) is 5.69 Å². The standard InChI is InChI=1S/C11H10N4O3/c1-6-4-8(9(14-6)11(17)18)15-10(16)7-2-3-12-13-5-7/h2-5,14H,1H3,(H,15,16)(H,17,18). The van der Waals surface area contributed by atoms with Crippen molar-refractivity contribution < 1.29 is 14.7 Å². The molecular formula is C11H10N4O3. The quantitative estimate of drug-likeness (QED) is 0.750. The van der Waals surface area contributed by atoms with Gasteiger partial charge in [-0.1, -0.05) is 0 Å². The van der Waals surface area contributed by atoms with E-state index in [2.05, 4.69) is 20.5 Å². The predicted molar refractivity (Wildman–Crippen MR) is 62.5 cm³/mol. The van der Waals surface area contributed by atoms with Crippen molar-refractivity contribution >= 4 is 17.6 Å². The molecule has 2 aromatic rings. The van der Waals surface area contributed by atoms with E-state index < -0.39 is 11.9 Å². The second-order valence-electron chi connectivity index (χ2n) is 3.63. The number of aromatic amines is 1. The maximum atomic E-state index is 11.8. The number of anilines is 1.